The average Bonchev–Trinajstić information content (AvgIpc) is 2.73. The summed E-state index contributed by atoms with van der Waals surface area (Å²) in [7, 11) is 0. The third-order valence-electron chi connectivity index (χ3n) is 6.19. The van der Waals surface area contributed by atoms with Crippen LogP contribution in [-0.4, -0.2) is 28.6 Å². The predicted octanol–water partition coefficient (Wildman–Crippen LogP) is 5.69. The van der Waals surface area contributed by atoms with Gasteiger partial charge in [0.2, 0.25) is 0 Å². The number of amides is 2. The molecule has 0 bridgehead atoms. The van der Waals surface area contributed by atoms with E-state index in [9.17, 15) is 35.5 Å². The van der Waals surface area contributed by atoms with Gasteiger partial charge in [0.25, 0.3) is 0 Å². The van der Waals surface area contributed by atoms with Crippen molar-refractivity contribution in [3.8, 4) is 0 Å². The summed E-state index contributed by atoms with van der Waals surface area (Å²) >= 11 is 0. The Morgan fingerprint density at radius 2 is 1.53 bits per heavy atom. The number of rotatable bonds is 2. The average molecular weight is 492 g/mol. The van der Waals surface area contributed by atoms with Crippen LogP contribution < -0.4 is 5.73 Å². The first-order chi connectivity index (χ1) is 15.8. The second kappa shape index (κ2) is 9.81. The first-order valence-electron chi connectivity index (χ1n) is 10.5. The number of alkyl halides is 6. The lowest BCUT2D eigenvalue weighted by Crippen LogP contribution is -2.63. The van der Waals surface area contributed by atoms with E-state index in [1.807, 2.05) is 12.1 Å². The quantitative estimate of drug-likeness (QED) is 0.529. The Morgan fingerprint density at radius 3 is 2.00 bits per heavy atom. The third-order valence-corrected chi connectivity index (χ3v) is 6.19. The largest absolute Gasteiger partial charge is 0.416 e. The van der Waals surface area contributed by atoms with E-state index in [1.165, 1.54) is 25.0 Å². The highest BCUT2D eigenvalue weighted by atomic mass is 19.4. The smallest absolute Gasteiger partial charge is 0.392 e. The number of hydrogen-bond donors (Lipinski definition) is 2. The summed E-state index contributed by atoms with van der Waals surface area (Å²) in [5, 5.41) is 8.58. The van der Waals surface area contributed by atoms with E-state index in [-0.39, 0.29) is 24.0 Å². The first-order valence-corrected chi connectivity index (χ1v) is 10.5. The van der Waals surface area contributed by atoms with Gasteiger partial charge in [0.1, 0.15) is 5.82 Å². The van der Waals surface area contributed by atoms with E-state index in [1.54, 1.807) is 4.90 Å². The van der Waals surface area contributed by atoms with Crippen LogP contribution in [0.25, 0.3) is 0 Å². The zero-order valence-corrected chi connectivity index (χ0v) is 17.8. The number of hydrogen-bond acceptors (Lipinski definition) is 2. The summed E-state index contributed by atoms with van der Waals surface area (Å²) in [4.78, 5) is 13.1. The summed E-state index contributed by atoms with van der Waals surface area (Å²) in [6, 6.07) is 7.52. The van der Waals surface area contributed by atoms with Gasteiger partial charge < -0.3 is 15.7 Å². The van der Waals surface area contributed by atoms with Crippen LogP contribution in [0.1, 0.15) is 47.4 Å². The van der Waals surface area contributed by atoms with Crippen LogP contribution in [0.4, 0.5) is 35.5 Å². The Morgan fingerprint density at radius 1 is 0.971 bits per heavy atom. The molecule has 0 radical (unpaired) electrons. The molecule has 34 heavy (non-hydrogen) atoms. The minimum Gasteiger partial charge on any atom is -0.392 e. The Hall–Kier alpha value is -2.82. The zero-order chi connectivity index (χ0) is 25.3. The van der Waals surface area contributed by atoms with Crippen molar-refractivity contribution in [3.05, 3.63) is 70.5 Å². The van der Waals surface area contributed by atoms with E-state index < -0.39 is 35.6 Å². The molecule has 1 saturated carbocycles. The van der Waals surface area contributed by atoms with Gasteiger partial charge in [-0.25, -0.2) is 9.18 Å². The van der Waals surface area contributed by atoms with Gasteiger partial charge in [-0.15, -0.1) is 0 Å². The Balaban J connectivity index is 0.000000192. The van der Waals surface area contributed by atoms with Crippen LogP contribution in [-0.2, 0) is 19.0 Å². The van der Waals surface area contributed by atoms with Gasteiger partial charge >= 0.3 is 18.4 Å². The minimum absolute atomic E-state index is 0.0131. The number of carbonyl (C=O) groups is 1. The number of likely N-dealkylation sites (tertiary alicyclic amines) is 1. The minimum atomic E-state index is -4.87. The molecule has 2 aliphatic rings. The molecule has 2 fully saturated rings. The fraction of sp³-hybridized carbons (Fsp3) is 0.435. The summed E-state index contributed by atoms with van der Waals surface area (Å²) in [5.41, 5.74) is 3.24. The number of primary amides is 1. The molecule has 0 aromatic heterocycles. The van der Waals surface area contributed by atoms with E-state index in [0.717, 1.165) is 18.5 Å². The molecule has 4 rings (SSSR count). The molecule has 2 aromatic rings. The molecule has 1 aliphatic carbocycles. The van der Waals surface area contributed by atoms with Gasteiger partial charge in [0.05, 0.1) is 17.7 Å². The second-order valence-electron chi connectivity index (χ2n) is 8.40. The maximum Gasteiger partial charge on any atom is 0.416 e. The molecule has 0 spiro atoms. The molecule has 4 nitrogen and oxygen atoms in total. The number of nitrogens with zero attached hydrogens (tertiary/aromatic N) is 1. The summed E-state index contributed by atoms with van der Waals surface area (Å²) in [6.45, 7) is -0.0926. The molecule has 1 saturated heterocycles. The fourth-order valence-corrected chi connectivity index (χ4v) is 4.60. The lowest BCUT2D eigenvalue weighted by molar-refractivity contribution is -0.143. The molecular weight excluding hydrogens is 469 g/mol. The lowest BCUT2D eigenvalue weighted by atomic mass is 9.68. The SMILES string of the molecule is NC(=O)N1CC2CCCC(c3ccc(F)cc3)C21.OCc1cc(C(F)(F)F)cc(C(F)(F)F)c1. The predicted molar refractivity (Wildman–Crippen MR) is 109 cm³/mol. The summed E-state index contributed by atoms with van der Waals surface area (Å²) in [6.07, 6.45) is -6.34. The molecule has 1 heterocycles. The van der Waals surface area contributed by atoms with Crippen molar-refractivity contribution in [3.63, 3.8) is 0 Å². The summed E-state index contributed by atoms with van der Waals surface area (Å²) in [5.74, 6) is 0.665. The van der Waals surface area contributed by atoms with Crippen molar-refractivity contribution in [1.82, 2.24) is 4.90 Å². The van der Waals surface area contributed by atoms with Gasteiger partial charge in [-0.1, -0.05) is 18.6 Å². The third kappa shape index (κ3) is 5.81. The maximum atomic E-state index is 13.0. The number of nitrogens with two attached hydrogens (primary N) is 1. The molecule has 2 aromatic carbocycles. The molecule has 11 heteroatoms. The lowest BCUT2D eigenvalue weighted by Gasteiger charge is -2.54. The molecule has 3 unspecified atom stereocenters. The van der Waals surface area contributed by atoms with Gasteiger partial charge in [0.15, 0.2) is 0 Å². The highest BCUT2D eigenvalue weighted by Gasteiger charge is 2.47. The summed E-state index contributed by atoms with van der Waals surface area (Å²) < 4.78 is 86.3. The van der Waals surface area contributed by atoms with Crippen molar-refractivity contribution in [2.24, 2.45) is 11.7 Å². The van der Waals surface area contributed by atoms with Crippen LogP contribution in [0.3, 0.4) is 0 Å². The highest BCUT2D eigenvalue weighted by molar-refractivity contribution is 5.73. The van der Waals surface area contributed by atoms with Gasteiger partial charge in [-0.2, -0.15) is 26.3 Å². The zero-order valence-electron chi connectivity index (χ0n) is 17.8. The van der Waals surface area contributed by atoms with Crippen molar-refractivity contribution in [2.75, 3.05) is 6.54 Å². The Kier molecular flexibility index (Phi) is 7.44. The molecule has 1 aliphatic heterocycles. The van der Waals surface area contributed by atoms with E-state index in [0.29, 0.717) is 24.0 Å². The van der Waals surface area contributed by atoms with Crippen LogP contribution in [0.2, 0.25) is 0 Å². The molecule has 3 atom stereocenters. The van der Waals surface area contributed by atoms with Crippen molar-refractivity contribution >= 4 is 6.03 Å². The van der Waals surface area contributed by atoms with Crippen LogP contribution in [0.15, 0.2) is 42.5 Å². The standard InChI is InChI=1S/C14H17FN2O.C9H6F6O/c15-11-6-4-9(5-7-11)12-3-1-2-10-8-17(13(10)12)14(16)18;10-8(11,12)6-1-5(4-16)2-7(3-6)9(13,14)15/h4-7,10,12-13H,1-3,8H2,(H2,16,18);1-3,16H,4H2. The fourth-order valence-electron chi connectivity index (χ4n) is 4.60. The van der Waals surface area contributed by atoms with Crippen LogP contribution >= 0.6 is 0 Å². The van der Waals surface area contributed by atoms with Crippen LogP contribution in [0.5, 0.6) is 0 Å². The van der Waals surface area contributed by atoms with E-state index in [4.69, 9.17) is 10.8 Å². The van der Waals surface area contributed by atoms with Crippen molar-refractivity contribution in [1.29, 1.82) is 0 Å². The number of urea groups is 1. The number of fused-ring (bicyclic) bond motifs is 1. The van der Waals surface area contributed by atoms with E-state index in [2.05, 4.69) is 0 Å². The number of halogens is 7. The number of aliphatic hydroxyl groups excluding tert-OH is 1. The molecule has 3 N–H and O–H groups in total. The number of carbonyl (C=O) groups excluding carboxylic acids is 1. The Labute approximate surface area is 191 Å². The monoisotopic (exact) mass is 492 g/mol. The van der Waals surface area contributed by atoms with Gasteiger partial charge in [-0.05, 0) is 60.2 Å². The maximum absolute atomic E-state index is 13.0. The number of benzene rings is 2. The van der Waals surface area contributed by atoms with Gasteiger partial charge in [0, 0.05) is 18.5 Å². The topological polar surface area (TPSA) is 66.6 Å². The number of aliphatic hydroxyl groups is 1. The Bertz CT molecular complexity index is 974. The molecule has 2 amide bonds. The normalized spacial score (nSPS) is 22.2. The first kappa shape index (κ1) is 25.8. The van der Waals surface area contributed by atoms with Crippen molar-refractivity contribution < 1.29 is 40.6 Å². The molecule has 186 valence electrons. The van der Waals surface area contributed by atoms with Crippen LogP contribution in [0, 0.1) is 11.7 Å². The second-order valence-corrected chi connectivity index (χ2v) is 8.40. The van der Waals surface area contributed by atoms with Crippen molar-refractivity contribution in [2.45, 2.75) is 50.2 Å². The highest BCUT2D eigenvalue weighted by Crippen LogP contribution is 2.45. The van der Waals surface area contributed by atoms with E-state index >= 15 is 0 Å². The molecular formula is C23H23F7N2O2. The van der Waals surface area contributed by atoms with Gasteiger partial charge in [-0.3, -0.25) is 0 Å².